The van der Waals surface area contributed by atoms with Crippen LogP contribution in [-0.2, 0) is 17.1 Å². The van der Waals surface area contributed by atoms with Crippen LogP contribution in [-0.4, -0.2) is 48.1 Å². The summed E-state index contributed by atoms with van der Waals surface area (Å²) in [6, 6.07) is 7.82. The maximum Gasteiger partial charge on any atom is 0.253 e. The van der Waals surface area contributed by atoms with Crippen molar-refractivity contribution in [3.8, 4) is 0 Å². The smallest absolute Gasteiger partial charge is 0.253 e. The normalized spacial score (nSPS) is 17.2. The summed E-state index contributed by atoms with van der Waals surface area (Å²) < 4.78 is 27.2. The van der Waals surface area contributed by atoms with Gasteiger partial charge in [-0.05, 0) is 25.8 Å². The summed E-state index contributed by atoms with van der Waals surface area (Å²) in [6.07, 6.45) is 3.14. The topological polar surface area (TPSA) is 71.4 Å². The maximum atomic E-state index is 12.6. The van der Waals surface area contributed by atoms with Gasteiger partial charge in [0.1, 0.15) is 0 Å². The Hall–Kier alpha value is -1.86. The second-order valence-corrected chi connectivity index (χ2v) is 8.48. The molecule has 0 bridgehead atoms. The van der Waals surface area contributed by atoms with Crippen molar-refractivity contribution in [3.05, 3.63) is 36.0 Å². The fourth-order valence-corrected chi connectivity index (χ4v) is 4.38. The quantitative estimate of drug-likeness (QED) is 0.914. The largest absolute Gasteiger partial charge is 0.350 e. The number of rotatable bonds is 4. The molecular weight excluding hydrogens is 326 g/mol. The van der Waals surface area contributed by atoms with E-state index in [0.29, 0.717) is 31.5 Å². The molecule has 1 fully saturated rings. The number of nitrogens with one attached hydrogen (secondary N) is 1. The number of para-hydroxylation sites is 1. The molecule has 1 amide bonds. The number of piperidine rings is 1. The summed E-state index contributed by atoms with van der Waals surface area (Å²) in [6.45, 7) is 2.59. The van der Waals surface area contributed by atoms with Crippen LogP contribution in [0.5, 0.6) is 0 Å². The first-order valence-corrected chi connectivity index (χ1v) is 9.86. The summed E-state index contributed by atoms with van der Waals surface area (Å²) in [5, 5.41) is 3.99. The van der Waals surface area contributed by atoms with E-state index in [2.05, 4.69) is 5.32 Å². The predicted octanol–water partition coefficient (Wildman–Crippen LogP) is 1.72. The number of hydrogen-bond donors (Lipinski definition) is 1. The zero-order valence-electron chi connectivity index (χ0n) is 14.0. The molecule has 130 valence electrons. The number of fused-ring (bicyclic) bond motifs is 1. The van der Waals surface area contributed by atoms with Crippen LogP contribution in [0.25, 0.3) is 10.9 Å². The molecule has 0 aliphatic carbocycles. The fourth-order valence-electron chi connectivity index (χ4n) is 3.25. The number of hydrogen-bond acceptors (Lipinski definition) is 3. The van der Waals surface area contributed by atoms with Crippen molar-refractivity contribution < 1.29 is 13.2 Å². The highest BCUT2D eigenvalue weighted by Crippen LogP contribution is 2.21. The number of carbonyl (C=O) groups excluding carboxylic acids is 1. The van der Waals surface area contributed by atoms with Gasteiger partial charge in [0.25, 0.3) is 5.91 Å². The van der Waals surface area contributed by atoms with E-state index in [9.17, 15) is 13.2 Å². The minimum Gasteiger partial charge on any atom is -0.350 e. The van der Waals surface area contributed by atoms with Crippen LogP contribution in [0.2, 0.25) is 0 Å². The zero-order chi connectivity index (χ0) is 17.3. The second kappa shape index (κ2) is 6.57. The van der Waals surface area contributed by atoms with Gasteiger partial charge in [0.15, 0.2) is 0 Å². The molecule has 7 heteroatoms. The summed E-state index contributed by atoms with van der Waals surface area (Å²) in [7, 11) is -1.21. The molecule has 1 aliphatic rings. The third kappa shape index (κ3) is 3.18. The van der Waals surface area contributed by atoms with Crippen molar-refractivity contribution >= 4 is 26.8 Å². The Morgan fingerprint density at radius 3 is 2.58 bits per heavy atom. The molecule has 0 spiro atoms. The van der Waals surface area contributed by atoms with Crippen LogP contribution < -0.4 is 5.32 Å². The lowest BCUT2D eigenvalue weighted by molar-refractivity contribution is 0.0925. The van der Waals surface area contributed by atoms with Crippen molar-refractivity contribution in [1.29, 1.82) is 0 Å². The van der Waals surface area contributed by atoms with Gasteiger partial charge >= 0.3 is 0 Å². The van der Waals surface area contributed by atoms with Crippen LogP contribution in [0.4, 0.5) is 0 Å². The van der Waals surface area contributed by atoms with Gasteiger partial charge in [-0.3, -0.25) is 4.79 Å². The first-order valence-electron chi connectivity index (χ1n) is 8.25. The standard InChI is InChI=1S/C17H23N3O3S/c1-3-24(22,23)20-10-8-13(9-11-20)18-17(21)15-12-19(2)16-7-5-4-6-14(15)16/h4-7,12-13H,3,8-11H2,1-2H3,(H,18,21). The van der Waals surface area contributed by atoms with Crippen molar-refractivity contribution in [2.24, 2.45) is 7.05 Å². The molecule has 1 aromatic carbocycles. The van der Waals surface area contributed by atoms with E-state index in [0.717, 1.165) is 10.9 Å². The Morgan fingerprint density at radius 2 is 1.92 bits per heavy atom. The molecule has 0 unspecified atom stereocenters. The number of benzene rings is 1. The number of carbonyl (C=O) groups is 1. The summed E-state index contributed by atoms with van der Waals surface area (Å²) in [5.74, 6) is 0.0311. The predicted molar refractivity (Wildman–Crippen MR) is 94.4 cm³/mol. The van der Waals surface area contributed by atoms with Crippen LogP contribution in [0, 0.1) is 0 Å². The van der Waals surface area contributed by atoms with Gasteiger partial charge in [0, 0.05) is 43.3 Å². The van der Waals surface area contributed by atoms with Crippen LogP contribution in [0.15, 0.2) is 30.5 Å². The molecule has 1 saturated heterocycles. The molecule has 6 nitrogen and oxygen atoms in total. The highest BCUT2D eigenvalue weighted by molar-refractivity contribution is 7.89. The van der Waals surface area contributed by atoms with Gasteiger partial charge in [0.2, 0.25) is 10.0 Å². The third-order valence-electron chi connectivity index (χ3n) is 4.69. The van der Waals surface area contributed by atoms with E-state index in [1.165, 1.54) is 4.31 Å². The Bertz CT molecular complexity index is 849. The molecule has 2 heterocycles. The van der Waals surface area contributed by atoms with Gasteiger partial charge in [-0.15, -0.1) is 0 Å². The maximum absolute atomic E-state index is 12.6. The monoisotopic (exact) mass is 349 g/mol. The van der Waals surface area contributed by atoms with Gasteiger partial charge < -0.3 is 9.88 Å². The van der Waals surface area contributed by atoms with Gasteiger partial charge in [-0.2, -0.15) is 0 Å². The molecule has 1 N–H and O–H groups in total. The number of aryl methyl sites for hydroxylation is 1. The SMILES string of the molecule is CCS(=O)(=O)N1CCC(NC(=O)c2cn(C)c3ccccc23)CC1. The molecule has 0 saturated carbocycles. The molecule has 1 aliphatic heterocycles. The van der Waals surface area contributed by atoms with E-state index >= 15 is 0 Å². The number of nitrogens with zero attached hydrogens (tertiary/aromatic N) is 2. The van der Waals surface area contributed by atoms with Crippen LogP contribution >= 0.6 is 0 Å². The Balaban J connectivity index is 1.68. The molecule has 24 heavy (non-hydrogen) atoms. The zero-order valence-corrected chi connectivity index (χ0v) is 14.8. The Morgan fingerprint density at radius 1 is 1.25 bits per heavy atom. The highest BCUT2D eigenvalue weighted by atomic mass is 32.2. The third-order valence-corrected chi connectivity index (χ3v) is 6.57. The number of aromatic nitrogens is 1. The average molecular weight is 349 g/mol. The average Bonchev–Trinajstić information content (AvgIpc) is 2.93. The van der Waals surface area contributed by atoms with Crippen LogP contribution in [0.3, 0.4) is 0 Å². The lowest BCUT2D eigenvalue weighted by Gasteiger charge is -2.31. The van der Waals surface area contributed by atoms with E-state index in [1.807, 2.05) is 42.1 Å². The molecule has 2 aromatic rings. The van der Waals surface area contributed by atoms with Crippen molar-refractivity contribution in [3.63, 3.8) is 0 Å². The van der Waals surface area contributed by atoms with Gasteiger partial charge in [-0.1, -0.05) is 18.2 Å². The minimum absolute atomic E-state index is 0.0137. The second-order valence-electron chi connectivity index (χ2n) is 6.22. The minimum atomic E-state index is -3.13. The molecule has 0 atom stereocenters. The lowest BCUT2D eigenvalue weighted by atomic mass is 10.1. The Labute approximate surface area is 142 Å². The lowest BCUT2D eigenvalue weighted by Crippen LogP contribution is -2.46. The van der Waals surface area contributed by atoms with Crippen molar-refractivity contribution in [2.75, 3.05) is 18.8 Å². The molecule has 1 aromatic heterocycles. The van der Waals surface area contributed by atoms with Crippen molar-refractivity contribution in [2.45, 2.75) is 25.8 Å². The van der Waals surface area contributed by atoms with Gasteiger partial charge in [-0.25, -0.2) is 12.7 Å². The summed E-state index contributed by atoms with van der Waals surface area (Å²) >= 11 is 0. The van der Waals surface area contributed by atoms with Gasteiger partial charge in [0.05, 0.1) is 11.3 Å². The number of sulfonamides is 1. The van der Waals surface area contributed by atoms with E-state index in [4.69, 9.17) is 0 Å². The van der Waals surface area contributed by atoms with Crippen LogP contribution in [0.1, 0.15) is 30.1 Å². The molecule has 3 rings (SSSR count). The first kappa shape index (κ1) is 17.0. The molecule has 0 radical (unpaired) electrons. The van der Waals surface area contributed by atoms with Crippen molar-refractivity contribution in [1.82, 2.24) is 14.2 Å². The fraction of sp³-hybridized carbons (Fsp3) is 0.471. The van der Waals surface area contributed by atoms with E-state index in [-0.39, 0.29) is 17.7 Å². The molecular formula is C17H23N3O3S. The summed E-state index contributed by atoms with van der Waals surface area (Å²) in [4.78, 5) is 12.6. The first-order chi connectivity index (χ1) is 11.4. The Kier molecular flexibility index (Phi) is 4.64. The highest BCUT2D eigenvalue weighted by Gasteiger charge is 2.28. The number of amides is 1. The van der Waals surface area contributed by atoms with E-state index < -0.39 is 10.0 Å². The summed E-state index contributed by atoms with van der Waals surface area (Å²) in [5.41, 5.74) is 1.68. The van der Waals surface area contributed by atoms with E-state index in [1.54, 1.807) is 6.92 Å².